The highest BCUT2D eigenvalue weighted by molar-refractivity contribution is 5.94. The number of nitrogens with zero attached hydrogens (tertiary/aromatic N) is 2. The van der Waals surface area contributed by atoms with Gasteiger partial charge in [-0.2, -0.15) is 0 Å². The van der Waals surface area contributed by atoms with E-state index in [0.717, 1.165) is 38.5 Å². The van der Waals surface area contributed by atoms with E-state index in [-0.39, 0.29) is 5.91 Å². The monoisotopic (exact) mass is 340 g/mol. The van der Waals surface area contributed by atoms with Gasteiger partial charge in [0.25, 0.3) is 5.91 Å². The van der Waals surface area contributed by atoms with Crippen molar-refractivity contribution in [1.82, 2.24) is 9.80 Å². The molecule has 1 amide bonds. The minimum atomic E-state index is 0.0686. The second kappa shape index (κ2) is 8.53. The highest BCUT2D eigenvalue weighted by Gasteiger charge is 2.22. The van der Waals surface area contributed by atoms with Crippen LogP contribution in [0.1, 0.15) is 10.4 Å². The molecule has 0 unspecified atom stereocenters. The Morgan fingerprint density at radius 1 is 0.960 bits per heavy atom. The van der Waals surface area contributed by atoms with Crippen LogP contribution in [0.5, 0.6) is 11.5 Å². The van der Waals surface area contributed by atoms with E-state index >= 15 is 0 Å². The van der Waals surface area contributed by atoms with Gasteiger partial charge in [-0.3, -0.25) is 9.69 Å². The largest absolute Gasteiger partial charge is 0.497 e. The molecule has 1 heterocycles. The first-order valence-electron chi connectivity index (χ1n) is 8.60. The number of amides is 1. The Kier molecular flexibility index (Phi) is 5.90. The Morgan fingerprint density at radius 3 is 2.40 bits per heavy atom. The van der Waals surface area contributed by atoms with Gasteiger partial charge in [0.15, 0.2) is 0 Å². The van der Waals surface area contributed by atoms with E-state index in [2.05, 4.69) is 4.90 Å². The average Bonchev–Trinajstić information content (AvgIpc) is 2.69. The molecule has 0 spiro atoms. The molecule has 3 rings (SSSR count). The van der Waals surface area contributed by atoms with Gasteiger partial charge in [-0.1, -0.05) is 24.3 Å². The number of hydrogen-bond acceptors (Lipinski definition) is 4. The highest BCUT2D eigenvalue weighted by atomic mass is 16.5. The van der Waals surface area contributed by atoms with Crippen LogP contribution >= 0.6 is 0 Å². The van der Waals surface area contributed by atoms with Crippen molar-refractivity contribution in [2.75, 3.05) is 46.4 Å². The molecule has 0 saturated carbocycles. The van der Waals surface area contributed by atoms with Gasteiger partial charge in [-0.15, -0.1) is 0 Å². The summed E-state index contributed by atoms with van der Waals surface area (Å²) in [4.78, 5) is 16.8. The number of ether oxygens (including phenoxy) is 2. The first-order valence-corrected chi connectivity index (χ1v) is 8.60. The molecule has 1 saturated heterocycles. The van der Waals surface area contributed by atoms with Gasteiger partial charge >= 0.3 is 0 Å². The fourth-order valence-electron chi connectivity index (χ4n) is 2.92. The Morgan fingerprint density at radius 2 is 1.68 bits per heavy atom. The van der Waals surface area contributed by atoms with Crippen molar-refractivity contribution in [2.45, 2.75) is 0 Å². The van der Waals surface area contributed by atoms with Crippen molar-refractivity contribution >= 4 is 5.91 Å². The normalized spacial score (nSPS) is 15.0. The minimum Gasteiger partial charge on any atom is -0.497 e. The number of benzene rings is 2. The van der Waals surface area contributed by atoms with Gasteiger partial charge in [-0.25, -0.2) is 0 Å². The van der Waals surface area contributed by atoms with Crippen molar-refractivity contribution in [3.8, 4) is 11.5 Å². The Balaban J connectivity index is 1.44. The Hall–Kier alpha value is -2.53. The van der Waals surface area contributed by atoms with Gasteiger partial charge in [0.05, 0.1) is 7.11 Å². The minimum absolute atomic E-state index is 0.0686. The molecule has 1 aliphatic heterocycles. The number of carbonyl (C=O) groups is 1. The van der Waals surface area contributed by atoms with Crippen LogP contribution in [-0.2, 0) is 0 Å². The summed E-state index contributed by atoms with van der Waals surface area (Å²) >= 11 is 0. The molecular formula is C20H24N2O3. The lowest BCUT2D eigenvalue weighted by Crippen LogP contribution is -2.49. The zero-order chi connectivity index (χ0) is 17.5. The molecule has 132 valence electrons. The number of para-hydroxylation sites is 1. The van der Waals surface area contributed by atoms with E-state index < -0.39 is 0 Å². The Bertz CT molecular complexity index is 682. The van der Waals surface area contributed by atoms with Gasteiger partial charge in [0, 0.05) is 38.3 Å². The van der Waals surface area contributed by atoms with Gasteiger partial charge in [0.2, 0.25) is 0 Å². The summed E-state index contributed by atoms with van der Waals surface area (Å²) in [6.07, 6.45) is 0. The van der Waals surface area contributed by atoms with Crippen LogP contribution in [0.4, 0.5) is 0 Å². The second-order valence-corrected chi connectivity index (χ2v) is 6.03. The van der Waals surface area contributed by atoms with Crippen molar-refractivity contribution in [3.05, 3.63) is 60.2 Å². The molecule has 0 radical (unpaired) electrons. The van der Waals surface area contributed by atoms with E-state index in [0.29, 0.717) is 17.9 Å². The van der Waals surface area contributed by atoms with Crippen LogP contribution in [0.2, 0.25) is 0 Å². The van der Waals surface area contributed by atoms with E-state index in [1.54, 1.807) is 13.2 Å². The van der Waals surface area contributed by atoms with Crippen LogP contribution < -0.4 is 9.47 Å². The smallest absolute Gasteiger partial charge is 0.254 e. The zero-order valence-electron chi connectivity index (χ0n) is 14.6. The second-order valence-electron chi connectivity index (χ2n) is 6.03. The molecule has 0 aromatic heterocycles. The van der Waals surface area contributed by atoms with Crippen LogP contribution in [0.15, 0.2) is 54.6 Å². The molecule has 0 N–H and O–H groups in total. The fraction of sp³-hybridized carbons (Fsp3) is 0.350. The summed E-state index contributed by atoms with van der Waals surface area (Å²) in [5, 5.41) is 0. The molecule has 2 aromatic carbocycles. The van der Waals surface area contributed by atoms with Crippen molar-refractivity contribution < 1.29 is 14.3 Å². The zero-order valence-corrected chi connectivity index (χ0v) is 14.6. The molecule has 1 fully saturated rings. The quantitative estimate of drug-likeness (QED) is 0.810. The third-order valence-corrected chi connectivity index (χ3v) is 4.40. The van der Waals surface area contributed by atoms with E-state index in [4.69, 9.17) is 9.47 Å². The molecule has 0 aliphatic carbocycles. The van der Waals surface area contributed by atoms with Crippen molar-refractivity contribution in [3.63, 3.8) is 0 Å². The molecular weight excluding hydrogens is 316 g/mol. The lowest BCUT2D eigenvalue weighted by atomic mass is 10.1. The third kappa shape index (κ3) is 4.73. The third-order valence-electron chi connectivity index (χ3n) is 4.40. The van der Waals surface area contributed by atoms with Crippen LogP contribution in [-0.4, -0.2) is 62.1 Å². The first-order chi connectivity index (χ1) is 12.3. The molecule has 5 nitrogen and oxygen atoms in total. The van der Waals surface area contributed by atoms with Crippen molar-refractivity contribution in [1.29, 1.82) is 0 Å². The Labute approximate surface area is 148 Å². The van der Waals surface area contributed by atoms with Gasteiger partial charge in [0.1, 0.15) is 18.1 Å². The highest BCUT2D eigenvalue weighted by Crippen LogP contribution is 2.15. The first kappa shape index (κ1) is 17.3. The van der Waals surface area contributed by atoms with Gasteiger partial charge in [-0.05, 0) is 30.3 Å². The summed E-state index contributed by atoms with van der Waals surface area (Å²) in [5.74, 6) is 1.68. The van der Waals surface area contributed by atoms with Crippen LogP contribution in [0, 0.1) is 0 Å². The number of carbonyl (C=O) groups excluding carboxylic acids is 1. The average molecular weight is 340 g/mol. The maximum Gasteiger partial charge on any atom is 0.254 e. The number of piperazine rings is 1. The van der Waals surface area contributed by atoms with E-state index in [1.165, 1.54) is 0 Å². The number of hydrogen-bond donors (Lipinski definition) is 0. The summed E-state index contributed by atoms with van der Waals surface area (Å²) in [6, 6.07) is 17.2. The fourth-order valence-corrected chi connectivity index (χ4v) is 2.92. The predicted octanol–water partition coefficient (Wildman–Crippen LogP) is 2.53. The summed E-state index contributed by atoms with van der Waals surface area (Å²) in [7, 11) is 1.61. The van der Waals surface area contributed by atoms with Gasteiger partial charge < -0.3 is 14.4 Å². The topological polar surface area (TPSA) is 42.0 Å². The molecule has 1 aliphatic rings. The molecule has 2 aromatic rings. The lowest BCUT2D eigenvalue weighted by molar-refractivity contribution is 0.0620. The van der Waals surface area contributed by atoms with E-state index in [9.17, 15) is 4.79 Å². The van der Waals surface area contributed by atoms with Crippen LogP contribution in [0.3, 0.4) is 0 Å². The standard InChI is InChI=1S/C20H24N2O3/c1-24-19-9-5-6-17(16-19)20(23)22-12-10-21(11-13-22)14-15-25-18-7-3-2-4-8-18/h2-9,16H,10-15H2,1H3. The summed E-state index contributed by atoms with van der Waals surface area (Å²) < 4.78 is 10.9. The molecule has 0 atom stereocenters. The lowest BCUT2D eigenvalue weighted by Gasteiger charge is -2.34. The van der Waals surface area contributed by atoms with Crippen molar-refractivity contribution in [2.24, 2.45) is 0 Å². The molecule has 5 heteroatoms. The van der Waals surface area contributed by atoms with E-state index in [1.807, 2.05) is 53.4 Å². The summed E-state index contributed by atoms with van der Waals surface area (Å²) in [5.41, 5.74) is 0.681. The van der Waals surface area contributed by atoms with Crippen LogP contribution in [0.25, 0.3) is 0 Å². The maximum atomic E-state index is 12.6. The SMILES string of the molecule is COc1cccc(C(=O)N2CCN(CCOc3ccccc3)CC2)c1. The predicted molar refractivity (Wildman–Crippen MR) is 97.3 cm³/mol. The number of rotatable bonds is 6. The number of methoxy groups -OCH3 is 1. The summed E-state index contributed by atoms with van der Waals surface area (Å²) in [6.45, 7) is 4.74. The maximum absolute atomic E-state index is 12.6. The molecule has 25 heavy (non-hydrogen) atoms. The molecule has 0 bridgehead atoms.